The molecule has 2 aromatic carbocycles. The fourth-order valence-corrected chi connectivity index (χ4v) is 4.52. The Bertz CT molecular complexity index is 1180. The molecule has 0 unspecified atom stereocenters. The van der Waals surface area contributed by atoms with Crippen LogP contribution in [0, 0.1) is 12.7 Å². The molecule has 7 heteroatoms. The number of aryl methyl sites for hydroxylation is 1. The standard InChI is InChI=1S/C23H22FN3O2S/c1-14-20(16-5-7-17(24)8-6-16)21-22(26-13-27-23(21)30-14)25-11-10-15-4-9-18(28-2)19(12-15)29-3/h4-9,12-13H,10-11H2,1-3H3,(H,25,26,27). The van der Waals surface area contributed by atoms with Crippen molar-refractivity contribution < 1.29 is 13.9 Å². The number of halogens is 1. The largest absolute Gasteiger partial charge is 0.493 e. The van der Waals surface area contributed by atoms with E-state index >= 15 is 0 Å². The Morgan fingerprint density at radius 2 is 1.77 bits per heavy atom. The molecule has 0 radical (unpaired) electrons. The number of methoxy groups -OCH3 is 2. The number of hydrogen-bond acceptors (Lipinski definition) is 6. The number of ether oxygens (including phenoxy) is 2. The Labute approximate surface area is 178 Å². The van der Waals surface area contributed by atoms with Gasteiger partial charge in [0.25, 0.3) is 0 Å². The normalized spacial score (nSPS) is 10.9. The van der Waals surface area contributed by atoms with E-state index in [1.165, 1.54) is 12.1 Å². The summed E-state index contributed by atoms with van der Waals surface area (Å²) in [6, 6.07) is 12.5. The minimum absolute atomic E-state index is 0.250. The molecule has 0 atom stereocenters. The summed E-state index contributed by atoms with van der Waals surface area (Å²) in [5.74, 6) is 1.96. The fourth-order valence-electron chi connectivity index (χ4n) is 3.50. The number of nitrogens with one attached hydrogen (secondary N) is 1. The van der Waals surface area contributed by atoms with Gasteiger partial charge in [0.1, 0.15) is 22.8 Å². The molecule has 2 heterocycles. The van der Waals surface area contributed by atoms with Crippen molar-refractivity contribution in [3.8, 4) is 22.6 Å². The van der Waals surface area contributed by atoms with Gasteiger partial charge in [0.05, 0.1) is 19.6 Å². The van der Waals surface area contributed by atoms with Crippen LogP contribution in [0.25, 0.3) is 21.3 Å². The maximum absolute atomic E-state index is 13.4. The second-order valence-electron chi connectivity index (χ2n) is 6.81. The average molecular weight is 424 g/mol. The molecule has 0 saturated heterocycles. The lowest BCUT2D eigenvalue weighted by molar-refractivity contribution is 0.354. The first-order valence-corrected chi connectivity index (χ1v) is 10.4. The number of anilines is 1. The van der Waals surface area contributed by atoms with Gasteiger partial charge in [0, 0.05) is 17.0 Å². The second-order valence-corrected chi connectivity index (χ2v) is 8.01. The third kappa shape index (κ3) is 3.93. The lowest BCUT2D eigenvalue weighted by Crippen LogP contribution is -2.07. The predicted molar refractivity (Wildman–Crippen MR) is 119 cm³/mol. The SMILES string of the molecule is COc1ccc(CCNc2ncnc3sc(C)c(-c4ccc(F)cc4)c23)cc1OC. The summed E-state index contributed by atoms with van der Waals surface area (Å²) in [4.78, 5) is 11.0. The Morgan fingerprint density at radius 3 is 2.50 bits per heavy atom. The maximum Gasteiger partial charge on any atom is 0.160 e. The third-order valence-electron chi connectivity index (χ3n) is 4.95. The van der Waals surface area contributed by atoms with Crippen LogP contribution in [-0.4, -0.2) is 30.7 Å². The summed E-state index contributed by atoms with van der Waals surface area (Å²) in [5.41, 5.74) is 3.13. The molecule has 0 bridgehead atoms. The average Bonchev–Trinajstić information content (AvgIpc) is 3.10. The first-order valence-electron chi connectivity index (χ1n) is 9.55. The molecule has 0 fully saturated rings. The predicted octanol–water partition coefficient (Wildman–Crippen LogP) is 5.48. The van der Waals surface area contributed by atoms with E-state index in [4.69, 9.17) is 9.47 Å². The molecule has 0 spiro atoms. The van der Waals surface area contributed by atoms with Crippen LogP contribution in [0.5, 0.6) is 11.5 Å². The molecule has 4 rings (SSSR count). The van der Waals surface area contributed by atoms with E-state index in [9.17, 15) is 4.39 Å². The minimum Gasteiger partial charge on any atom is -0.493 e. The highest BCUT2D eigenvalue weighted by Crippen LogP contribution is 2.40. The molecule has 1 N–H and O–H groups in total. The van der Waals surface area contributed by atoms with Gasteiger partial charge in [-0.05, 0) is 48.7 Å². The van der Waals surface area contributed by atoms with E-state index in [0.29, 0.717) is 18.0 Å². The maximum atomic E-state index is 13.4. The summed E-state index contributed by atoms with van der Waals surface area (Å²) in [6.07, 6.45) is 2.37. The Balaban J connectivity index is 1.60. The Kier molecular flexibility index (Phi) is 5.81. The summed E-state index contributed by atoms with van der Waals surface area (Å²) < 4.78 is 24.1. The zero-order chi connectivity index (χ0) is 21.1. The van der Waals surface area contributed by atoms with E-state index in [2.05, 4.69) is 22.2 Å². The first-order chi connectivity index (χ1) is 14.6. The van der Waals surface area contributed by atoms with Crippen molar-refractivity contribution in [2.75, 3.05) is 26.1 Å². The van der Waals surface area contributed by atoms with Crippen molar-refractivity contribution in [2.24, 2.45) is 0 Å². The third-order valence-corrected chi connectivity index (χ3v) is 5.96. The van der Waals surface area contributed by atoms with E-state index < -0.39 is 0 Å². The number of fused-ring (bicyclic) bond motifs is 1. The molecule has 4 aromatic rings. The second kappa shape index (κ2) is 8.67. The molecule has 0 amide bonds. The van der Waals surface area contributed by atoms with Crippen molar-refractivity contribution in [1.82, 2.24) is 9.97 Å². The number of rotatable bonds is 7. The lowest BCUT2D eigenvalue weighted by Gasteiger charge is -2.11. The summed E-state index contributed by atoms with van der Waals surface area (Å²) in [5, 5.41) is 4.42. The van der Waals surface area contributed by atoms with Gasteiger partial charge in [-0.1, -0.05) is 18.2 Å². The summed E-state index contributed by atoms with van der Waals surface area (Å²) in [6.45, 7) is 2.75. The first kappa shape index (κ1) is 20.1. The van der Waals surface area contributed by atoms with Gasteiger partial charge < -0.3 is 14.8 Å². The van der Waals surface area contributed by atoms with Gasteiger partial charge in [-0.15, -0.1) is 11.3 Å². The van der Waals surface area contributed by atoms with Gasteiger partial charge in [-0.25, -0.2) is 14.4 Å². The van der Waals surface area contributed by atoms with Crippen LogP contribution < -0.4 is 14.8 Å². The fraction of sp³-hybridized carbons (Fsp3) is 0.217. The molecule has 0 aliphatic rings. The number of hydrogen-bond donors (Lipinski definition) is 1. The van der Waals surface area contributed by atoms with Gasteiger partial charge in [0.2, 0.25) is 0 Å². The lowest BCUT2D eigenvalue weighted by atomic mass is 10.0. The smallest absolute Gasteiger partial charge is 0.160 e. The topological polar surface area (TPSA) is 56.3 Å². The van der Waals surface area contributed by atoms with Crippen molar-refractivity contribution in [3.05, 3.63) is 65.0 Å². The summed E-state index contributed by atoms with van der Waals surface area (Å²) >= 11 is 1.62. The van der Waals surface area contributed by atoms with E-state index in [0.717, 1.165) is 44.0 Å². The van der Waals surface area contributed by atoms with Gasteiger partial charge in [-0.2, -0.15) is 0 Å². The highest BCUT2D eigenvalue weighted by Gasteiger charge is 2.16. The Hall–Kier alpha value is -3.19. The molecule has 0 saturated carbocycles. The molecule has 154 valence electrons. The van der Waals surface area contributed by atoms with Crippen molar-refractivity contribution in [1.29, 1.82) is 0 Å². The highest BCUT2D eigenvalue weighted by atomic mass is 32.1. The van der Waals surface area contributed by atoms with Crippen molar-refractivity contribution in [3.63, 3.8) is 0 Å². The molecule has 0 aliphatic carbocycles. The zero-order valence-corrected chi connectivity index (χ0v) is 17.8. The van der Waals surface area contributed by atoms with E-state index in [1.807, 2.05) is 18.2 Å². The zero-order valence-electron chi connectivity index (χ0n) is 17.0. The van der Waals surface area contributed by atoms with Crippen LogP contribution in [0.15, 0.2) is 48.8 Å². The van der Waals surface area contributed by atoms with Crippen LogP contribution in [0.3, 0.4) is 0 Å². The molecule has 30 heavy (non-hydrogen) atoms. The molecule has 0 aliphatic heterocycles. The van der Waals surface area contributed by atoms with Crippen LogP contribution >= 0.6 is 11.3 Å². The van der Waals surface area contributed by atoms with Crippen LogP contribution in [0.1, 0.15) is 10.4 Å². The number of aromatic nitrogens is 2. The molecule has 5 nitrogen and oxygen atoms in total. The van der Waals surface area contributed by atoms with Gasteiger partial charge in [-0.3, -0.25) is 0 Å². The summed E-state index contributed by atoms with van der Waals surface area (Å²) in [7, 11) is 3.26. The van der Waals surface area contributed by atoms with Crippen LogP contribution in [-0.2, 0) is 6.42 Å². The van der Waals surface area contributed by atoms with E-state index in [-0.39, 0.29) is 5.82 Å². The van der Waals surface area contributed by atoms with Gasteiger partial charge in [0.15, 0.2) is 11.5 Å². The molecular weight excluding hydrogens is 401 g/mol. The monoisotopic (exact) mass is 423 g/mol. The molecule has 2 aromatic heterocycles. The number of thiophene rings is 1. The number of nitrogens with zero attached hydrogens (tertiary/aromatic N) is 2. The quantitative estimate of drug-likeness (QED) is 0.427. The number of benzene rings is 2. The van der Waals surface area contributed by atoms with E-state index in [1.54, 1.807) is 44.0 Å². The Morgan fingerprint density at radius 1 is 1.00 bits per heavy atom. The van der Waals surface area contributed by atoms with Crippen molar-refractivity contribution >= 4 is 27.4 Å². The van der Waals surface area contributed by atoms with Gasteiger partial charge >= 0.3 is 0 Å². The van der Waals surface area contributed by atoms with Crippen LogP contribution in [0.2, 0.25) is 0 Å². The highest BCUT2D eigenvalue weighted by molar-refractivity contribution is 7.19. The van der Waals surface area contributed by atoms with Crippen LogP contribution in [0.4, 0.5) is 10.2 Å². The molecular formula is C23H22FN3O2S. The van der Waals surface area contributed by atoms with Crippen molar-refractivity contribution in [2.45, 2.75) is 13.3 Å². The minimum atomic E-state index is -0.250.